The fraction of sp³-hybridized carbons (Fsp3) is 0.294. The number of benzene rings is 2. The van der Waals surface area contributed by atoms with Crippen LogP contribution >= 0.6 is 0 Å². The maximum atomic E-state index is 11.8. The predicted octanol–water partition coefficient (Wildman–Crippen LogP) is 2.60. The third-order valence-corrected chi connectivity index (χ3v) is 5.42. The number of nitrogens with one attached hydrogen (secondary N) is 1. The molecule has 1 N–H and O–H groups in total. The first-order chi connectivity index (χ1) is 12.8. The van der Waals surface area contributed by atoms with Crippen LogP contribution in [0.4, 0.5) is 5.69 Å². The van der Waals surface area contributed by atoms with Crippen LogP contribution in [0, 0.1) is 10.1 Å². The number of sulfonamides is 1. The van der Waals surface area contributed by atoms with Crippen LogP contribution in [0.2, 0.25) is 0 Å². The topological polar surface area (TPSA) is 111 Å². The molecule has 0 saturated carbocycles. The molecule has 27 heavy (non-hydrogen) atoms. The third kappa shape index (κ3) is 4.61. The number of nitro benzene ring substituents is 1. The number of hydroxylamine groups is 2. The minimum Gasteiger partial charge on any atom is -0.450 e. The highest BCUT2D eigenvalue weighted by molar-refractivity contribution is 7.89. The Morgan fingerprint density at radius 2 is 1.85 bits per heavy atom. The van der Waals surface area contributed by atoms with E-state index in [1.54, 1.807) is 17.2 Å². The van der Waals surface area contributed by atoms with Crippen LogP contribution < -0.4 is 9.46 Å². The summed E-state index contributed by atoms with van der Waals surface area (Å²) in [6.45, 7) is 3.58. The summed E-state index contributed by atoms with van der Waals surface area (Å²) < 4.78 is 31.4. The van der Waals surface area contributed by atoms with Crippen LogP contribution in [0.3, 0.4) is 0 Å². The molecule has 9 nitrogen and oxygen atoms in total. The molecule has 0 bridgehead atoms. The number of nitro groups is 1. The molecule has 1 aliphatic rings. The van der Waals surface area contributed by atoms with Crippen molar-refractivity contribution in [3.05, 3.63) is 58.1 Å². The van der Waals surface area contributed by atoms with E-state index >= 15 is 0 Å². The summed E-state index contributed by atoms with van der Waals surface area (Å²) >= 11 is 0. The minimum absolute atomic E-state index is 0.0583. The first-order valence-corrected chi connectivity index (χ1v) is 9.70. The zero-order valence-electron chi connectivity index (χ0n) is 14.8. The van der Waals surface area contributed by atoms with Gasteiger partial charge in [-0.25, -0.2) is 13.1 Å². The van der Waals surface area contributed by atoms with Gasteiger partial charge in [0.2, 0.25) is 15.8 Å². The Labute approximate surface area is 156 Å². The summed E-state index contributed by atoms with van der Waals surface area (Å²) in [5.74, 6) is 0.341. The van der Waals surface area contributed by atoms with Gasteiger partial charge in [0.15, 0.2) is 0 Å². The Morgan fingerprint density at radius 3 is 2.41 bits per heavy atom. The molecule has 1 fully saturated rings. The molecule has 1 saturated heterocycles. The molecule has 1 unspecified atom stereocenters. The van der Waals surface area contributed by atoms with Gasteiger partial charge in [-0.2, -0.15) is 5.06 Å². The van der Waals surface area contributed by atoms with Crippen molar-refractivity contribution in [2.45, 2.75) is 17.9 Å². The highest BCUT2D eigenvalue weighted by Gasteiger charge is 2.24. The summed E-state index contributed by atoms with van der Waals surface area (Å²) in [7, 11) is -2.25. The molecule has 144 valence electrons. The second-order valence-electron chi connectivity index (χ2n) is 5.94. The molecule has 0 aromatic heterocycles. The summed E-state index contributed by atoms with van der Waals surface area (Å²) in [4.78, 5) is 16.5. The van der Waals surface area contributed by atoms with E-state index in [1.807, 2.05) is 6.92 Å². The van der Waals surface area contributed by atoms with E-state index in [2.05, 4.69) is 4.72 Å². The Hall–Kier alpha value is -2.53. The second-order valence-corrected chi connectivity index (χ2v) is 7.83. The Morgan fingerprint density at radius 1 is 1.19 bits per heavy atom. The summed E-state index contributed by atoms with van der Waals surface area (Å²) in [6.07, 6.45) is -0.279. The van der Waals surface area contributed by atoms with E-state index in [9.17, 15) is 18.5 Å². The highest BCUT2D eigenvalue weighted by atomic mass is 32.2. The van der Waals surface area contributed by atoms with Crippen molar-refractivity contribution in [3.8, 4) is 11.5 Å². The molecule has 1 atom stereocenters. The van der Waals surface area contributed by atoms with Crippen molar-refractivity contribution in [2.75, 3.05) is 20.1 Å². The van der Waals surface area contributed by atoms with Gasteiger partial charge in [0.25, 0.3) is 0 Å². The monoisotopic (exact) mass is 393 g/mol. The van der Waals surface area contributed by atoms with Crippen LogP contribution in [-0.2, 0) is 14.9 Å². The van der Waals surface area contributed by atoms with E-state index < -0.39 is 14.9 Å². The van der Waals surface area contributed by atoms with Crippen molar-refractivity contribution < 1.29 is 22.9 Å². The molecule has 2 aromatic carbocycles. The number of ether oxygens (including phenoxy) is 1. The largest absolute Gasteiger partial charge is 0.450 e. The van der Waals surface area contributed by atoms with Crippen molar-refractivity contribution in [1.29, 1.82) is 0 Å². The molecule has 0 amide bonds. The quantitative estimate of drug-likeness (QED) is 0.417. The molecular formula is C17H19N3O6S. The van der Waals surface area contributed by atoms with Crippen LogP contribution in [0.1, 0.15) is 18.6 Å². The van der Waals surface area contributed by atoms with Gasteiger partial charge in [0.1, 0.15) is 11.9 Å². The average molecular weight is 393 g/mol. The Balaban J connectivity index is 1.86. The van der Waals surface area contributed by atoms with Gasteiger partial charge < -0.3 is 4.74 Å². The Bertz CT molecular complexity index is 942. The van der Waals surface area contributed by atoms with E-state index in [1.165, 1.54) is 37.4 Å². The van der Waals surface area contributed by atoms with Crippen LogP contribution in [0.25, 0.3) is 0 Å². The lowest BCUT2D eigenvalue weighted by Crippen LogP contribution is -2.18. The number of hydrogen-bond donors (Lipinski definition) is 1. The van der Waals surface area contributed by atoms with E-state index in [4.69, 9.17) is 9.57 Å². The van der Waals surface area contributed by atoms with Gasteiger partial charge in [-0.1, -0.05) is 0 Å². The van der Waals surface area contributed by atoms with Gasteiger partial charge in [0, 0.05) is 19.2 Å². The average Bonchev–Trinajstić information content (AvgIpc) is 3.46. The molecule has 10 heteroatoms. The summed E-state index contributed by atoms with van der Waals surface area (Å²) in [5.41, 5.74) is 0.543. The molecule has 0 radical (unpaired) electrons. The van der Waals surface area contributed by atoms with E-state index in [0.29, 0.717) is 0 Å². The zero-order chi connectivity index (χ0) is 19.6. The molecule has 2 aromatic rings. The minimum atomic E-state index is -3.57. The van der Waals surface area contributed by atoms with Crippen molar-refractivity contribution in [1.82, 2.24) is 9.79 Å². The lowest BCUT2D eigenvalue weighted by Gasteiger charge is -2.14. The SMILES string of the molecule is CNS(=O)(=O)c1ccc(Oc2cc(C(C)ON3CC3)ccc2[N+](=O)[O-])cc1. The standard InChI is InChI=1S/C17H19N3O6S/c1-12(26-19-9-10-19)13-3-8-16(20(21)22)17(11-13)25-14-4-6-15(7-5-14)27(23,24)18-2/h3-8,11-12,18H,9-10H2,1-2H3. The maximum absolute atomic E-state index is 11.8. The first kappa shape index (κ1) is 19.2. The van der Waals surface area contributed by atoms with Crippen LogP contribution in [0.5, 0.6) is 11.5 Å². The maximum Gasteiger partial charge on any atom is 0.311 e. The van der Waals surface area contributed by atoms with Crippen molar-refractivity contribution in [3.63, 3.8) is 0 Å². The lowest BCUT2D eigenvalue weighted by atomic mass is 10.1. The molecule has 0 spiro atoms. The highest BCUT2D eigenvalue weighted by Crippen LogP contribution is 2.35. The molecule has 1 aliphatic heterocycles. The van der Waals surface area contributed by atoms with Gasteiger partial charge in [-0.3, -0.25) is 15.0 Å². The molecule has 1 heterocycles. The predicted molar refractivity (Wildman–Crippen MR) is 96.9 cm³/mol. The normalized spacial score (nSPS) is 15.3. The fourth-order valence-corrected chi connectivity index (χ4v) is 3.11. The molecule has 3 rings (SSSR count). The third-order valence-electron chi connectivity index (χ3n) is 3.99. The van der Waals surface area contributed by atoms with Crippen molar-refractivity contribution in [2.24, 2.45) is 0 Å². The molecular weight excluding hydrogens is 374 g/mol. The Kier molecular flexibility index (Phi) is 5.42. The molecule has 0 aliphatic carbocycles. The lowest BCUT2D eigenvalue weighted by molar-refractivity contribution is -0.385. The van der Waals surface area contributed by atoms with Crippen molar-refractivity contribution >= 4 is 15.7 Å². The van der Waals surface area contributed by atoms with Gasteiger partial charge in [-0.15, -0.1) is 0 Å². The second kappa shape index (κ2) is 7.61. The zero-order valence-corrected chi connectivity index (χ0v) is 15.6. The summed E-state index contributed by atoms with van der Waals surface area (Å²) in [5, 5.41) is 13.1. The number of hydrogen-bond acceptors (Lipinski definition) is 7. The van der Waals surface area contributed by atoms with Crippen LogP contribution in [-0.4, -0.2) is 38.5 Å². The van der Waals surface area contributed by atoms with Gasteiger partial charge >= 0.3 is 5.69 Å². The van der Waals surface area contributed by atoms with Crippen LogP contribution in [0.15, 0.2) is 47.4 Å². The van der Waals surface area contributed by atoms with Gasteiger partial charge in [-0.05, 0) is 55.9 Å². The first-order valence-electron chi connectivity index (χ1n) is 8.21. The number of nitrogens with zero attached hydrogens (tertiary/aromatic N) is 2. The smallest absolute Gasteiger partial charge is 0.311 e. The van der Waals surface area contributed by atoms with E-state index in [0.717, 1.165) is 18.7 Å². The fourth-order valence-electron chi connectivity index (χ4n) is 2.38. The summed E-state index contributed by atoms with van der Waals surface area (Å²) in [6, 6.07) is 10.2. The number of rotatable bonds is 8. The van der Waals surface area contributed by atoms with E-state index in [-0.39, 0.29) is 28.2 Å². The van der Waals surface area contributed by atoms with Gasteiger partial charge in [0.05, 0.1) is 9.82 Å².